The van der Waals surface area contributed by atoms with Crippen molar-refractivity contribution in [2.45, 2.75) is 12.8 Å². The number of rotatable bonds is 7. The molecule has 7 nitrogen and oxygen atoms in total. The highest BCUT2D eigenvalue weighted by Gasteiger charge is 2.33. The maximum Gasteiger partial charge on any atom is 0.235 e. The summed E-state index contributed by atoms with van der Waals surface area (Å²) < 4.78 is 0. The molecule has 0 unspecified atom stereocenters. The molecule has 7 heteroatoms. The molecule has 0 fully saturated rings. The second-order valence-corrected chi connectivity index (χ2v) is 7.82. The molecule has 154 valence electrons. The highest BCUT2D eigenvalue weighted by Crippen LogP contribution is 2.39. The van der Waals surface area contributed by atoms with Gasteiger partial charge in [-0.3, -0.25) is 19.4 Å². The monoisotopic (exact) mass is 404 g/mol. The first-order valence-corrected chi connectivity index (χ1v) is 9.98. The van der Waals surface area contributed by atoms with Crippen molar-refractivity contribution < 1.29 is 14.4 Å². The van der Waals surface area contributed by atoms with Gasteiger partial charge in [0.1, 0.15) is 0 Å². The maximum absolute atomic E-state index is 12.7. The van der Waals surface area contributed by atoms with Gasteiger partial charge in [-0.1, -0.05) is 0 Å². The van der Waals surface area contributed by atoms with Crippen LogP contribution in [-0.4, -0.2) is 67.7 Å². The molecular weight excluding hydrogens is 380 g/mol. The van der Waals surface area contributed by atoms with Gasteiger partial charge < -0.3 is 15.2 Å². The number of fused-ring (bicyclic) bond motifs is 2. The molecule has 0 spiro atoms. The summed E-state index contributed by atoms with van der Waals surface area (Å²) in [5.41, 5.74) is 5.53. The molecule has 0 radical (unpaired) electrons. The lowest BCUT2D eigenvalue weighted by Gasteiger charge is -2.16. The molecule has 4 rings (SSSR count). The number of aliphatic imine (C=N–C) groups is 1. The third-order valence-corrected chi connectivity index (χ3v) is 5.52. The zero-order valence-electron chi connectivity index (χ0n) is 17.3. The lowest BCUT2D eigenvalue weighted by atomic mass is 9.89. The predicted octanol–water partition coefficient (Wildman–Crippen LogP) is 1.74. The molecular formula is C23H24N4O3. The summed E-state index contributed by atoms with van der Waals surface area (Å²) in [4.78, 5) is 47.2. The third kappa shape index (κ3) is 3.36. The van der Waals surface area contributed by atoms with Crippen LogP contribution in [0.4, 0.5) is 0 Å². The van der Waals surface area contributed by atoms with Crippen molar-refractivity contribution in [3.05, 3.63) is 57.6 Å². The van der Waals surface area contributed by atoms with E-state index in [4.69, 9.17) is 0 Å². The van der Waals surface area contributed by atoms with Crippen LogP contribution in [0.2, 0.25) is 0 Å². The van der Waals surface area contributed by atoms with Gasteiger partial charge in [0, 0.05) is 18.3 Å². The second-order valence-electron chi connectivity index (χ2n) is 7.82. The minimum atomic E-state index is -0.514. The van der Waals surface area contributed by atoms with Crippen LogP contribution in [0.3, 0.4) is 0 Å². The topological polar surface area (TPSA) is 94.6 Å². The van der Waals surface area contributed by atoms with Crippen LogP contribution in [0.1, 0.15) is 33.7 Å². The van der Waals surface area contributed by atoms with Gasteiger partial charge in [0.25, 0.3) is 0 Å². The Hall–Kier alpha value is -3.16. The Labute approximate surface area is 174 Å². The van der Waals surface area contributed by atoms with Crippen molar-refractivity contribution in [1.82, 2.24) is 15.2 Å². The normalized spacial score (nSPS) is 17.7. The highest BCUT2D eigenvalue weighted by atomic mass is 16.2. The largest absolute Gasteiger partial charge is 0.354 e. The molecule has 0 bridgehead atoms. The summed E-state index contributed by atoms with van der Waals surface area (Å²) in [5, 5.41) is 3.10. The molecule has 0 saturated carbocycles. The summed E-state index contributed by atoms with van der Waals surface area (Å²) in [6.45, 7) is 1.46. The van der Waals surface area contributed by atoms with Gasteiger partial charge in [-0.25, -0.2) is 0 Å². The molecule has 0 aromatic carbocycles. The molecule has 1 aromatic rings. The van der Waals surface area contributed by atoms with Crippen LogP contribution in [0, 0.1) is 0 Å². The highest BCUT2D eigenvalue weighted by molar-refractivity contribution is 6.50. The average Bonchev–Trinajstić information content (AvgIpc) is 3.30. The first kappa shape index (κ1) is 20.1. The van der Waals surface area contributed by atoms with Gasteiger partial charge in [0.15, 0.2) is 5.78 Å². The standard InChI is InChI=1S/C23H24N4O3/c1-24-10-8-13-12-25-22-15(4-6-17(28)19(13)22)21-14(9-11-27(2)3)20-16(26-21)5-7-18(29)23(20)30/h4-7,12,24,26H,8-11H2,1-3H3. The lowest BCUT2D eigenvalue weighted by Crippen LogP contribution is -2.20. The first-order chi connectivity index (χ1) is 14.4. The predicted molar refractivity (Wildman–Crippen MR) is 117 cm³/mol. The summed E-state index contributed by atoms with van der Waals surface area (Å²) in [5.74, 6) is -1.07. The number of aromatic amines is 1. The number of likely N-dealkylation sites (N-methyl/N-ethyl adjacent to an activating group) is 1. The average molecular weight is 404 g/mol. The van der Waals surface area contributed by atoms with Gasteiger partial charge in [0.05, 0.1) is 28.2 Å². The molecule has 0 saturated heterocycles. The third-order valence-electron chi connectivity index (χ3n) is 5.52. The number of nitrogens with one attached hydrogen (secondary N) is 2. The number of nitrogens with zero attached hydrogens (tertiary/aromatic N) is 2. The van der Waals surface area contributed by atoms with Gasteiger partial charge in [-0.15, -0.1) is 0 Å². The van der Waals surface area contributed by atoms with Crippen molar-refractivity contribution in [2.75, 3.05) is 34.2 Å². The number of allylic oxidation sites excluding steroid dienone is 5. The molecule has 1 aliphatic heterocycles. The van der Waals surface area contributed by atoms with E-state index in [1.54, 1.807) is 24.4 Å². The lowest BCUT2D eigenvalue weighted by molar-refractivity contribution is -0.111. The maximum atomic E-state index is 12.7. The van der Waals surface area contributed by atoms with E-state index in [2.05, 4.69) is 15.3 Å². The molecule has 2 N–H and O–H groups in total. The second kappa shape index (κ2) is 7.93. The number of hydrogen-bond acceptors (Lipinski definition) is 6. The van der Waals surface area contributed by atoms with E-state index in [0.717, 1.165) is 28.9 Å². The number of Topliss-reactive ketones (excluding diaryl/α,β-unsaturated/α-hetero) is 1. The molecule has 1 aromatic heterocycles. The van der Waals surface area contributed by atoms with Gasteiger partial charge in [-0.2, -0.15) is 0 Å². The Bertz CT molecular complexity index is 1110. The smallest absolute Gasteiger partial charge is 0.235 e. The summed E-state index contributed by atoms with van der Waals surface area (Å²) >= 11 is 0. The van der Waals surface area contributed by atoms with Gasteiger partial charge in [0.2, 0.25) is 11.6 Å². The Balaban J connectivity index is 1.87. The van der Waals surface area contributed by atoms with Gasteiger partial charge >= 0.3 is 0 Å². The Morgan fingerprint density at radius 2 is 1.80 bits per heavy atom. The molecule has 3 aliphatic rings. The van der Waals surface area contributed by atoms with Crippen LogP contribution >= 0.6 is 0 Å². The minimum absolute atomic E-state index is 0.0605. The molecule has 30 heavy (non-hydrogen) atoms. The molecule has 0 amide bonds. The fourth-order valence-electron chi connectivity index (χ4n) is 3.99. The molecule has 0 atom stereocenters. The van der Waals surface area contributed by atoms with Crippen LogP contribution in [0.5, 0.6) is 0 Å². The molecule has 2 heterocycles. The zero-order chi connectivity index (χ0) is 21.4. The van der Waals surface area contributed by atoms with E-state index in [1.807, 2.05) is 26.0 Å². The van der Waals surface area contributed by atoms with E-state index < -0.39 is 11.6 Å². The number of carbonyl (C=O) groups is 3. The Morgan fingerprint density at radius 3 is 2.53 bits per heavy atom. The zero-order valence-corrected chi connectivity index (χ0v) is 17.3. The van der Waals surface area contributed by atoms with Crippen molar-refractivity contribution in [3.63, 3.8) is 0 Å². The summed E-state index contributed by atoms with van der Waals surface area (Å²) in [7, 11) is 5.79. The number of hydrogen-bond donors (Lipinski definition) is 2. The van der Waals surface area contributed by atoms with E-state index in [1.165, 1.54) is 6.08 Å². The fraction of sp³-hybridized carbons (Fsp3) is 0.304. The first-order valence-electron chi connectivity index (χ1n) is 9.98. The Kier molecular flexibility index (Phi) is 5.32. The number of aromatic nitrogens is 1. The van der Waals surface area contributed by atoms with E-state index in [9.17, 15) is 14.4 Å². The Morgan fingerprint density at radius 1 is 1.03 bits per heavy atom. The minimum Gasteiger partial charge on any atom is -0.354 e. The van der Waals surface area contributed by atoms with Crippen LogP contribution < -0.4 is 5.32 Å². The van der Waals surface area contributed by atoms with Crippen molar-refractivity contribution in [2.24, 2.45) is 4.99 Å². The van der Waals surface area contributed by atoms with Crippen molar-refractivity contribution >= 4 is 35.2 Å². The van der Waals surface area contributed by atoms with Crippen LogP contribution in [-0.2, 0) is 16.0 Å². The van der Waals surface area contributed by atoms with Crippen molar-refractivity contribution in [3.8, 4) is 0 Å². The summed E-state index contributed by atoms with van der Waals surface area (Å²) in [6.07, 6.45) is 9.31. The van der Waals surface area contributed by atoms with Gasteiger partial charge in [-0.05, 0) is 76.0 Å². The van der Waals surface area contributed by atoms with Crippen LogP contribution in [0.25, 0.3) is 11.6 Å². The number of H-pyrrole nitrogens is 1. The SMILES string of the molecule is CNCCC1=C2C(=O)C=CC(c3[nH]c4c(c3CCN(C)C)C(=O)C(=O)C=C4)=C2N=C1. The van der Waals surface area contributed by atoms with E-state index in [0.29, 0.717) is 41.9 Å². The summed E-state index contributed by atoms with van der Waals surface area (Å²) in [6, 6.07) is 0. The molecule has 2 aliphatic carbocycles. The van der Waals surface area contributed by atoms with E-state index in [-0.39, 0.29) is 5.78 Å². The number of ketones is 3. The van der Waals surface area contributed by atoms with E-state index >= 15 is 0 Å². The fourth-order valence-corrected chi connectivity index (χ4v) is 3.99. The van der Waals surface area contributed by atoms with Crippen LogP contribution in [0.15, 0.2) is 40.1 Å². The number of carbonyl (C=O) groups excluding carboxylic acids is 3. The quantitative estimate of drug-likeness (QED) is 0.675. The van der Waals surface area contributed by atoms with Crippen molar-refractivity contribution in [1.29, 1.82) is 0 Å².